The van der Waals surface area contributed by atoms with Crippen molar-refractivity contribution in [2.24, 2.45) is 5.16 Å². The lowest BCUT2D eigenvalue weighted by Gasteiger charge is -2.10. The highest BCUT2D eigenvalue weighted by Crippen LogP contribution is 2.33. The number of anilines is 2. The zero-order valence-electron chi connectivity index (χ0n) is 20.7. The number of fused-ring (bicyclic) bond motifs is 1. The van der Waals surface area contributed by atoms with E-state index in [9.17, 15) is 13.2 Å². The molecule has 1 saturated carbocycles. The molecule has 1 aliphatic rings. The molecular weight excluding hydrogens is 516 g/mol. The topological polar surface area (TPSA) is 146 Å². The van der Waals surface area contributed by atoms with Gasteiger partial charge in [0.05, 0.1) is 10.1 Å². The molecule has 37 heavy (non-hydrogen) atoms. The van der Waals surface area contributed by atoms with Crippen molar-refractivity contribution in [1.29, 1.82) is 0 Å². The number of sulfone groups is 1. The smallest absolute Gasteiger partial charge is 0.280 e. The van der Waals surface area contributed by atoms with Gasteiger partial charge in [-0.05, 0) is 51.2 Å². The molecule has 198 valence electrons. The molecule has 3 N–H and O–H groups in total. The molecule has 3 aromatic rings. The Kier molecular flexibility index (Phi) is 8.69. The minimum absolute atomic E-state index is 0.0356. The summed E-state index contributed by atoms with van der Waals surface area (Å²) in [4.78, 5) is 30.3. The molecule has 13 heteroatoms. The molecule has 0 aliphatic heterocycles. The predicted octanol–water partition coefficient (Wildman–Crippen LogP) is 2.34. The minimum Gasteiger partial charge on any atom is -0.396 e. The van der Waals surface area contributed by atoms with E-state index < -0.39 is 15.7 Å². The van der Waals surface area contributed by atoms with Crippen LogP contribution in [0.15, 0.2) is 46.4 Å². The van der Waals surface area contributed by atoms with Crippen molar-refractivity contribution in [3.63, 3.8) is 0 Å². The fourth-order valence-electron chi connectivity index (χ4n) is 3.37. The molecule has 0 unspecified atom stereocenters. The van der Waals surface area contributed by atoms with Gasteiger partial charge in [0.2, 0.25) is 0 Å². The number of nitrogens with one attached hydrogen (secondary N) is 2. The molecule has 1 aromatic carbocycles. The molecule has 0 bridgehead atoms. The summed E-state index contributed by atoms with van der Waals surface area (Å²) in [6, 6.07) is 9.70. The number of amides is 1. The number of hydrogen-bond donors (Lipinski definition) is 3. The largest absolute Gasteiger partial charge is 0.396 e. The molecule has 2 heterocycles. The van der Waals surface area contributed by atoms with Gasteiger partial charge in [0.25, 0.3) is 5.91 Å². The highest BCUT2D eigenvalue weighted by atomic mass is 32.2. The third kappa shape index (κ3) is 7.01. The summed E-state index contributed by atoms with van der Waals surface area (Å²) in [5, 5.41) is 19.0. The Bertz CT molecular complexity index is 1370. The predicted molar refractivity (Wildman–Crippen MR) is 144 cm³/mol. The summed E-state index contributed by atoms with van der Waals surface area (Å²) in [6.07, 6.45) is 1.69. The second kappa shape index (κ2) is 11.9. The maximum atomic E-state index is 13.2. The number of aromatic nitrogens is 2. The molecule has 0 atom stereocenters. The van der Waals surface area contributed by atoms with Gasteiger partial charge in [-0.25, -0.2) is 18.4 Å². The van der Waals surface area contributed by atoms with Crippen molar-refractivity contribution < 1.29 is 23.2 Å². The van der Waals surface area contributed by atoms with Crippen LogP contribution in [0.25, 0.3) is 10.3 Å². The molecule has 1 aliphatic carbocycles. The lowest BCUT2D eigenvalue weighted by molar-refractivity contribution is -0.110. The van der Waals surface area contributed by atoms with Crippen molar-refractivity contribution >= 4 is 54.1 Å². The summed E-state index contributed by atoms with van der Waals surface area (Å²) in [5.41, 5.74) is 1.00. The quantitative estimate of drug-likeness (QED) is 0.167. The first-order chi connectivity index (χ1) is 17.8. The Morgan fingerprint density at radius 3 is 2.62 bits per heavy atom. The van der Waals surface area contributed by atoms with Crippen molar-refractivity contribution in [3.05, 3.63) is 42.0 Å². The SMILES string of the molecule is CN(C)CCNc1ccc2nc(NC(=O)C(=NOCCCO)c3ccc(S(=O)(=O)C4CC4)cc3)sc2n1. The molecular formula is C24H30N6O5S2. The van der Waals surface area contributed by atoms with Gasteiger partial charge in [-0.2, -0.15) is 0 Å². The number of carbonyl (C=O) groups excluding carboxylic acids is 1. The number of aliphatic hydroxyl groups is 1. The Balaban J connectivity index is 1.51. The summed E-state index contributed by atoms with van der Waals surface area (Å²) >= 11 is 1.23. The minimum atomic E-state index is -3.35. The lowest BCUT2D eigenvalue weighted by Crippen LogP contribution is -2.24. The number of pyridine rings is 1. The summed E-state index contributed by atoms with van der Waals surface area (Å²) in [6.45, 7) is 1.65. The highest BCUT2D eigenvalue weighted by Gasteiger charge is 2.36. The standard InChI is InChI=1S/C24H30N6O5S2/c1-30(2)13-12-25-20-11-10-19-23(27-20)36-24(26-19)28-22(32)21(29-35-15-3-14-31)16-4-6-17(7-5-16)37(33,34)18-8-9-18/h4-7,10-11,18,31H,3,8-9,12-15H2,1-2H3,(H,25,27)(H,26,28,32). The van der Waals surface area contributed by atoms with Crippen LogP contribution in [0.4, 0.5) is 10.9 Å². The second-order valence-electron chi connectivity index (χ2n) is 8.84. The van der Waals surface area contributed by atoms with Crippen LogP contribution < -0.4 is 10.6 Å². The summed E-state index contributed by atoms with van der Waals surface area (Å²) < 4.78 is 25.0. The van der Waals surface area contributed by atoms with Gasteiger partial charge in [0.1, 0.15) is 22.8 Å². The van der Waals surface area contributed by atoms with Crippen LogP contribution in [0.5, 0.6) is 0 Å². The van der Waals surface area contributed by atoms with E-state index in [2.05, 4.69) is 30.7 Å². The van der Waals surface area contributed by atoms with Gasteiger partial charge in [-0.3, -0.25) is 10.1 Å². The molecule has 2 aromatic heterocycles. The normalized spacial score (nSPS) is 14.2. The van der Waals surface area contributed by atoms with Crippen LogP contribution >= 0.6 is 11.3 Å². The van der Waals surface area contributed by atoms with E-state index >= 15 is 0 Å². The van der Waals surface area contributed by atoms with Gasteiger partial charge in [0.15, 0.2) is 20.7 Å². The first kappa shape index (κ1) is 26.9. The van der Waals surface area contributed by atoms with Crippen molar-refractivity contribution in [2.45, 2.75) is 29.4 Å². The van der Waals surface area contributed by atoms with Crippen LogP contribution in [0.1, 0.15) is 24.8 Å². The number of hydrogen-bond acceptors (Lipinski definition) is 11. The number of likely N-dealkylation sites (N-methyl/N-ethyl adjacent to an activating group) is 1. The number of aliphatic hydroxyl groups excluding tert-OH is 1. The van der Waals surface area contributed by atoms with Crippen LogP contribution in [0, 0.1) is 0 Å². The second-order valence-corrected chi connectivity index (χ2v) is 12.0. The number of rotatable bonds is 13. The zero-order chi connectivity index (χ0) is 26.4. The van der Waals surface area contributed by atoms with E-state index in [4.69, 9.17) is 9.94 Å². The lowest BCUT2D eigenvalue weighted by atomic mass is 10.1. The van der Waals surface area contributed by atoms with E-state index in [1.165, 1.54) is 35.6 Å². The fraction of sp³-hybridized carbons (Fsp3) is 0.417. The van der Waals surface area contributed by atoms with E-state index in [0.717, 1.165) is 18.9 Å². The molecule has 4 rings (SSSR count). The Morgan fingerprint density at radius 1 is 1.19 bits per heavy atom. The van der Waals surface area contributed by atoms with Crippen LogP contribution in [0.2, 0.25) is 0 Å². The van der Waals surface area contributed by atoms with Crippen LogP contribution in [-0.4, -0.2) is 85.7 Å². The van der Waals surface area contributed by atoms with Gasteiger partial charge in [0, 0.05) is 31.7 Å². The average molecular weight is 547 g/mol. The molecule has 0 radical (unpaired) electrons. The zero-order valence-corrected chi connectivity index (χ0v) is 22.3. The molecule has 11 nitrogen and oxygen atoms in total. The molecule has 1 amide bonds. The van der Waals surface area contributed by atoms with Crippen LogP contribution in [0.3, 0.4) is 0 Å². The number of nitrogens with zero attached hydrogens (tertiary/aromatic N) is 4. The van der Waals surface area contributed by atoms with Gasteiger partial charge < -0.3 is 20.2 Å². The first-order valence-electron chi connectivity index (χ1n) is 11.9. The third-order valence-electron chi connectivity index (χ3n) is 5.53. The van der Waals surface area contributed by atoms with E-state index in [-0.39, 0.29) is 29.1 Å². The van der Waals surface area contributed by atoms with Crippen LogP contribution in [-0.2, 0) is 19.5 Å². The third-order valence-corrected chi connectivity index (χ3v) is 8.68. The van der Waals surface area contributed by atoms with Crippen molar-refractivity contribution in [2.75, 3.05) is 51.0 Å². The fourth-order valence-corrected chi connectivity index (χ4v) is 5.86. The van der Waals surface area contributed by atoms with E-state index in [0.29, 0.717) is 40.3 Å². The molecule has 0 spiro atoms. The molecule has 0 saturated heterocycles. The van der Waals surface area contributed by atoms with Gasteiger partial charge in [-0.1, -0.05) is 28.6 Å². The van der Waals surface area contributed by atoms with Crippen molar-refractivity contribution in [1.82, 2.24) is 14.9 Å². The van der Waals surface area contributed by atoms with Crippen molar-refractivity contribution in [3.8, 4) is 0 Å². The Morgan fingerprint density at radius 2 is 1.95 bits per heavy atom. The Hall–Kier alpha value is -3.13. The number of oxime groups is 1. The summed E-state index contributed by atoms with van der Waals surface area (Å²) in [7, 11) is 0.640. The number of thiazole rings is 1. The highest BCUT2D eigenvalue weighted by molar-refractivity contribution is 7.92. The first-order valence-corrected chi connectivity index (χ1v) is 14.3. The maximum Gasteiger partial charge on any atom is 0.280 e. The van der Waals surface area contributed by atoms with E-state index in [1.807, 2.05) is 26.2 Å². The Labute approximate surface area is 219 Å². The van der Waals surface area contributed by atoms with E-state index in [1.54, 1.807) is 0 Å². The van der Waals surface area contributed by atoms with Gasteiger partial charge >= 0.3 is 0 Å². The molecule has 1 fully saturated rings. The summed E-state index contributed by atoms with van der Waals surface area (Å²) in [5.74, 6) is 0.154. The number of carbonyl (C=O) groups is 1. The average Bonchev–Trinajstić information content (AvgIpc) is 3.65. The maximum absolute atomic E-state index is 13.2. The number of benzene rings is 1. The monoisotopic (exact) mass is 546 g/mol. The van der Waals surface area contributed by atoms with Gasteiger partial charge in [-0.15, -0.1) is 0 Å².